The molecule has 0 amide bonds. The Labute approximate surface area is 113 Å². The summed E-state index contributed by atoms with van der Waals surface area (Å²) in [4.78, 5) is 6.90. The molecule has 0 spiro atoms. The number of anilines is 1. The molecular formula is C15H18N4. The predicted molar refractivity (Wildman–Crippen MR) is 75.0 cm³/mol. The van der Waals surface area contributed by atoms with Crippen LogP contribution >= 0.6 is 0 Å². The molecule has 3 heterocycles. The van der Waals surface area contributed by atoms with Gasteiger partial charge in [-0.15, -0.1) is 0 Å². The van der Waals surface area contributed by atoms with E-state index in [1.54, 1.807) is 0 Å². The molecule has 1 aromatic carbocycles. The maximum absolute atomic E-state index is 4.42. The van der Waals surface area contributed by atoms with Crippen LogP contribution in [0.1, 0.15) is 17.0 Å². The SMILES string of the molecule is c1cn2c(n1)CN(Cc1ccc3c(c1)CCN3)CC2. The average molecular weight is 254 g/mol. The van der Waals surface area contributed by atoms with Crippen LogP contribution in [0.5, 0.6) is 0 Å². The lowest BCUT2D eigenvalue weighted by Crippen LogP contribution is -2.33. The van der Waals surface area contributed by atoms with E-state index in [0.717, 1.165) is 39.1 Å². The van der Waals surface area contributed by atoms with Gasteiger partial charge in [-0.1, -0.05) is 12.1 Å². The van der Waals surface area contributed by atoms with Gasteiger partial charge < -0.3 is 9.88 Å². The van der Waals surface area contributed by atoms with E-state index in [0.29, 0.717) is 0 Å². The molecule has 0 atom stereocenters. The normalized spacial score (nSPS) is 17.9. The van der Waals surface area contributed by atoms with Crippen LogP contribution in [0, 0.1) is 0 Å². The Balaban J connectivity index is 1.50. The van der Waals surface area contributed by atoms with E-state index in [9.17, 15) is 0 Å². The van der Waals surface area contributed by atoms with Gasteiger partial charge in [0, 0.05) is 44.3 Å². The van der Waals surface area contributed by atoms with Crippen molar-refractivity contribution in [2.45, 2.75) is 26.1 Å². The van der Waals surface area contributed by atoms with Gasteiger partial charge in [0.05, 0.1) is 6.54 Å². The summed E-state index contributed by atoms with van der Waals surface area (Å²) in [5, 5.41) is 3.41. The predicted octanol–water partition coefficient (Wildman–Crippen LogP) is 1.87. The highest BCUT2D eigenvalue weighted by Gasteiger charge is 2.17. The summed E-state index contributed by atoms with van der Waals surface area (Å²) in [6, 6.07) is 6.83. The zero-order valence-corrected chi connectivity index (χ0v) is 11.0. The molecule has 1 N–H and O–H groups in total. The fraction of sp³-hybridized carbons (Fsp3) is 0.400. The van der Waals surface area contributed by atoms with Crippen LogP contribution in [-0.2, 0) is 26.1 Å². The molecule has 0 fully saturated rings. The Morgan fingerprint density at radius 3 is 3.26 bits per heavy atom. The lowest BCUT2D eigenvalue weighted by atomic mass is 10.1. The van der Waals surface area contributed by atoms with Crippen molar-refractivity contribution in [3.05, 3.63) is 47.5 Å². The summed E-state index contributed by atoms with van der Waals surface area (Å²) in [5.74, 6) is 1.19. The molecule has 0 saturated carbocycles. The first-order valence-electron chi connectivity index (χ1n) is 6.96. The van der Waals surface area contributed by atoms with Crippen LogP contribution < -0.4 is 5.32 Å². The van der Waals surface area contributed by atoms with Gasteiger partial charge in [0.15, 0.2) is 0 Å². The van der Waals surface area contributed by atoms with Gasteiger partial charge in [0.2, 0.25) is 0 Å². The molecule has 0 bridgehead atoms. The van der Waals surface area contributed by atoms with Crippen molar-refractivity contribution in [1.29, 1.82) is 0 Å². The number of hydrogen-bond donors (Lipinski definition) is 1. The fourth-order valence-electron chi connectivity index (χ4n) is 3.07. The smallest absolute Gasteiger partial charge is 0.122 e. The molecule has 2 aliphatic rings. The Morgan fingerprint density at radius 2 is 2.26 bits per heavy atom. The third-order valence-electron chi connectivity index (χ3n) is 4.11. The van der Waals surface area contributed by atoms with Crippen molar-refractivity contribution >= 4 is 5.69 Å². The van der Waals surface area contributed by atoms with Crippen LogP contribution in [0.15, 0.2) is 30.6 Å². The summed E-state index contributed by atoms with van der Waals surface area (Å²) < 4.78 is 2.25. The number of benzene rings is 1. The number of hydrogen-bond acceptors (Lipinski definition) is 3. The number of aromatic nitrogens is 2. The molecule has 1 aromatic heterocycles. The average Bonchev–Trinajstić information content (AvgIpc) is 3.05. The van der Waals surface area contributed by atoms with E-state index in [4.69, 9.17) is 0 Å². The number of nitrogens with one attached hydrogen (secondary N) is 1. The van der Waals surface area contributed by atoms with Gasteiger partial charge in [-0.25, -0.2) is 4.98 Å². The topological polar surface area (TPSA) is 33.1 Å². The first kappa shape index (κ1) is 11.1. The molecule has 19 heavy (non-hydrogen) atoms. The summed E-state index contributed by atoms with van der Waals surface area (Å²) in [5.41, 5.74) is 4.21. The van der Waals surface area contributed by atoms with Gasteiger partial charge in [-0.2, -0.15) is 0 Å². The maximum Gasteiger partial charge on any atom is 0.122 e. The van der Waals surface area contributed by atoms with Crippen molar-refractivity contribution in [1.82, 2.24) is 14.5 Å². The Hall–Kier alpha value is -1.81. The van der Waals surface area contributed by atoms with E-state index in [-0.39, 0.29) is 0 Å². The van der Waals surface area contributed by atoms with E-state index < -0.39 is 0 Å². The fourth-order valence-corrected chi connectivity index (χ4v) is 3.07. The zero-order chi connectivity index (χ0) is 12.7. The Bertz CT molecular complexity index is 602. The first-order chi connectivity index (χ1) is 9.38. The minimum Gasteiger partial charge on any atom is -0.384 e. The van der Waals surface area contributed by atoms with Gasteiger partial charge in [0.1, 0.15) is 5.82 Å². The van der Waals surface area contributed by atoms with Crippen LogP contribution in [0.3, 0.4) is 0 Å². The van der Waals surface area contributed by atoms with Crippen LogP contribution in [-0.4, -0.2) is 27.5 Å². The van der Waals surface area contributed by atoms with E-state index in [1.807, 2.05) is 6.20 Å². The van der Waals surface area contributed by atoms with Crippen LogP contribution in [0.4, 0.5) is 5.69 Å². The van der Waals surface area contributed by atoms with Crippen molar-refractivity contribution in [3.8, 4) is 0 Å². The van der Waals surface area contributed by atoms with Crippen molar-refractivity contribution in [2.24, 2.45) is 0 Å². The second kappa shape index (κ2) is 4.38. The van der Waals surface area contributed by atoms with Gasteiger partial charge >= 0.3 is 0 Å². The summed E-state index contributed by atoms with van der Waals surface area (Å²) >= 11 is 0. The summed E-state index contributed by atoms with van der Waals surface area (Å²) in [6.07, 6.45) is 5.14. The highest BCUT2D eigenvalue weighted by molar-refractivity contribution is 5.56. The molecule has 98 valence electrons. The number of imidazole rings is 1. The van der Waals surface area contributed by atoms with E-state index >= 15 is 0 Å². The second-order valence-corrected chi connectivity index (χ2v) is 5.42. The lowest BCUT2D eigenvalue weighted by molar-refractivity contribution is 0.209. The number of rotatable bonds is 2. The third kappa shape index (κ3) is 2.02. The van der Waals surface area contributed by atoms with E-state index in [2.05, 4.69) is 44.2 Å². The molecule has 0 radical (unpaired) electrons. The molecule has 4 nitrogen and oxygen atoms in total. The zero-order valence-electron chi connectivity index (χ0n) is 11.0. The quantitative estimate of drug-likeness (QED) is 0.888. The van der Waals surface area contributed by atoms with Gasteiger partial charge in [0.25, 0.3) is 0 Å². The van der Waals surface area contributed by atoms with Gasteiger partial charge in [-0.3, -0.25) is 4.90 Å². The van der Waals surface area contributed by atoms with Crippen molar-refractivity contribution < 1.29 is 0 Å². The molecule has 0 unspecified atom stereocenters. The Kier molecular flexibility index (Phi) is 2.55. The monoisotopic (exact) mass is 254 g/mol. The van der Waals surface area contributed by atoms with Crippen LogP contribution in [0.25, 0.3) is 0 Å². The maximum atomic E-state index is 4.42. The first-order valence-corrected chi connectivity index (χ1v) is 6.96. The largest absolute Gasteiger partial charge is 0.384 e. The number of nitrogens with zero attached hydrogens (tertiary/aromatic N) is 3. The highest BCUT2D eigenvalue weighted by Crippen LogP contribution is 2.24. The molecule has 4 heteroatoms. The molecule has 2 aromatic rings. The molecule has 0 saturated heterocycles. The lowest BCUT2D eigenvalue weighted by Gasteiger charge is -2.27. The summed E-state index contributed by atoms with van der Waals surface area (Å²) in [6.45, 7) is 5.24. The number of fused-ring (bicyclic) bond motifs is 2. The van der Waals surface area contributed by atoms with Crippen molar-refractivity contribution in [3.63, 3.8) is 0 Å². The molecular weight excluding hydrogens is 236 g/mol. The van der Waals surface area contributed by atoms with Gasteiger partial charge in [-0.05, 0) is 23.6 Å². The molecule has 4 rings (SSSR count). The minimum atomic E-state index is 0.961. The third-order valence-corrected chi connectivity index (χ3v) is 4.11. The Morgan fingerprint density at radius 1 is 1.26 bits per heavy atom. The highest BCUT2D eigenvalue weighted by atomic mass is 15.2. The second-order valence-electron chi connectivity index (χ2n) is 5.42. The summed E-state index contributed by atoms with van der Waals surface area (Å²) in [7, 11) is 0. The van der Waals surface area contributed by atoms with E-state index in [1.165, 1.54) is 22.6 Å². The molecule has 2 aliphatic heterocycles. The van der Waals surface area contributed by atoms with Crippen LogP contribution in [0.2, 0.25) is 0 Å². The minimum absolute atomic E-state index is 0.961. The standard InChI is InChI=1S/C15H18N4/c1-2-14-13(3-4-16-14)9-12(1)10-18-7-8-19-6-5-17-15(19)11-18/h1-2,5-6,9,16H,3-4,7-8,10-11H2. The molecule has 0 aliphatic carbocycles. The van der Waals surface area contributed by atoms with Crippen molar-refractivity contribution in [2.75, 3.05) is 18.4 Å².